The van der Waals surface area contributed by atoms with Gasteiger partial charge in [-0.2, -0.15) is 0 Å². The van der Waals surface area contributed by atoms with Crippen molar-refractivity contribution in [3.8, 4) is 0 Å². The largest absolute Gasteiger partial charge is 0.326 e. The molecule has 0 heterocycles. The van der Waals surface area contributed by atoms with E-state index in [-0.39, 0.29) is 28.2 Å². The molecule has 5 heteroatoms. The fraction of sp³-hybridized carbons (Fsp3) is 0.333. The van der Waals surface area contributed by atoms with E-state index in [2.05, 4.69) is 5.32 Å². The molecular formula is C12H11ClFNO2. The van der Waals surface area contributed by atoms with Crippen LogP contribution in [-0.4, -0.2) is 11.7 Å². The molecule has 1 aliphatic rings. The minimum absolute atomic E-state index is 0.0382. The highest BCUT2D eigenvalue weighted by atomic mass is 35.5. The van der Waals surface area contributed by atoms with Crippen LogP contribution in [0.15, 0.2) is 12.1 Å². The maximum Gasteiger partial charge on any atom is 0.221 e. The molecule has 3 nitrogen and oxygen atoms in total. The van der Waals surface area contributed by atoms with Crippen LogP contribution in [0.25, 0.3) is 0 Å². The molecule has 1 aromatic rings. The van der Waals surface area contributed by atoms with Gasteiger partial charge in [-0.1, -0.05) is 11.6 Å². The molecule has 90 valence electrons. The topological polar surface area (TPSA) is 46.2 Å². The van der Waals surface area contributed by atoms with E-state index in [4.69, 9.17) is 11.6 Å². The second-order valence-electron chi connectivity index (χ2n) is 4.14. The predicted octanol–water partition coefficient (Wildman–Crippen LogP) is 3.03. The van der Waals surface area contributed by atoms with Gasteiger partial charge in [0, 0.05) is 18.5 Å². The van der Waals surface area contributed by atoms with Crippen molar-refractivity contribution in [3.63, 3.8) is 0 Å². The number of halogens is 2. The number of hydrogen-bond donors (Lipinski definition) is 1. The van der Waals surface area contributed by atoms with Crippen molar-refractivity contribution >= 4 is 29.0 Å². The van der Waals surface area contributed by atoms with Gasteiger partial charge in [-0.25, -0.2) is 4.39 Å². The average Bonchev–Trinajstić information content (AvgIpc) is 3.04. The summed E-state index contributed by atoms with van der Waals surface area (Å²) in [6.45, 7) is 1.33. The Morgan fingerprint density at radius 3 is 2.59 bits per heavy atom. The highest BCUT2D eigenvalue weighted by Crippen LogP contribution is 2.35. The molecule has 1 amide bonds. The molecule has 1 N–H and O–H groups in total. The Hall–Kier alpha value is -1.42. The Morgan fingerprint density at radius 2 is 2.06 bits per heavy atom. The minimum Gasteiger partial charge on any atom is -0.326 e. The maximum absolute atomic E-state index is 13.7. The first-order chi connectivity index (χ1) is 7.99. The van der Waals surface area contributed by atoms with Crippen LogP contribution < -0.4 is 5.32 Å². The second kappa shape index (κ2) is 4.45. The molecule has 1 fully saturated rings. The Labute approximate surface area is 103 Å². The van der Waals surface area contributed by atoms with E-state index >= 15 is 0 Å². The smallest absolute Gasteiger partial charge is 0.221 e. The van der Waals surface area contributed by atoms with Crippen LogP contribution in [0.3, 0.4) is 0 Å². The molecule has 17 heavy (non-hydrogen) atoms. The summed E-state index contributed by atoms with van der Waals surface area (Å²) in [5, 5.41) is 2.33. The van der Waals surface area contributed by atoms with E-state index in [1.165, 1.54) is 19.1 Å². The summed E-state index contributed by atoms with van der Waals surface area (Å²) >= 11 is 5.69. The number of Topliss-reactive ketones (excluding diaryl/α,β-unsaturated/α-hetero) is 1. The zero-order valence-corrected chi connectivity index (χ0v) is 9.97. The van der Waals surface area contributed by atoms with Gasteiger partial charge in [-0.15, -0.1) is 0 Å². The zero-order valence-electron chi connectivity index (χ0n) is 9.22. The summed E-state index contributed by atoms with van der Waals surface area (Å²) in [5.41, 5.74) is 0.302. The second-order valence-corrected chi connectivity index (χ2v) is 4.55. The lowest BCUT2D eigenvalue weighted by molar-refractivity contribution is -0.114. The Morgan fingerprint density at radius 1 is 1.41 bits per heavy atom. The Bertz CT molecular complexity index is 498. The van der Waals surface area contributed by atoms with Gasteiger partial charge in [0.25, 0.3) is 0 Å². The summed E-state index contributed by atoms with van der Waals surface area (Å²) < 4.78 is 13.7. The maximum atomic E-state index is 13.7. The molecule has 0 bridgehead atoms. The first-order valence-corrected chi connectivity index (χ1v) is 5.67. The number of ketones is 1. The van der Waals surface area contributed by atoms with Crippen LogP contribution in [0.2, 0.25) is 5.02 Å². The SMILES string of the molecule is CC(=O)Nc1cc(Cl)c(F)c(C(=O)C2CC2)c1. The average molecular weight is 256 g/mol. The number of anilines is 1. The first-order valence-electron chi connectivity index (χ1n) is 5.30. The summed E-state index contributed by atoms with van der Waals surface area (Å²) in [7, 11) is 0. The van der Waals surface area contributed by atoms with Gasteiger partial charge in [-0.3, -0.25) is 9.59 Å². The van der Waals surface area contributed by atoms with E-state index < -0.39 is 5.82 Å². The lowest BCUT2D eigenvalue weighted by Gasteiger charge is -2.08. The molecule has 0 saturated heterocycles. The molecule has 0 unspecified atom stereocenters. The van der Waals surface area contributed by atoms with Crippen molar-refractivity contribution in [3.05, 3.63) is 28.5 Å². The molecule has 0 aromatic heterocycles. The van der Waals surface area contributed by atoms with Crippen molar-refractivity contribution in [2.75, 3.05) is 5.32 Å². The first kappa shape index (κ1) is 12.0. The number of carbonyl (C=O) groups excluding carboxylic acids is 2. The zero-order chi connectivity index (χ0) is 12.6. The molecule has 2 rings (SSSR count). The number of rotatable bonds is 3. The molecule has 1 aliphatic carbocycles. The summed E-state index contributed by atoms with van der Waals surface area (Å²) in [6, 6.07) is 2.63. The quantitative estimate of drug-likeness (QED) is 0.844. The van der Waals surface area contributed by atoms with Gasteiger partial charge in [0.1, 0.15) is 0 Å². The third kappa shape index (κ3) is 2.64. The lowest BCUT2D eigenvalue weighted by atomic mass is 10.1. The number of benzene rings is 1. The lowest BCUT2D eigenvalue weighted by Crippen LogP contribution is -2.10. The van der Waals surface area contributed by atoms with Crippen LogP contribution >= 0.6 is 11.6 Å². The van der Waals surface area contributed by atoms with Gasteiger partial charge in [0.05, 0.1) is 10.6 Å². The fourth-order valence-corrected chi connectivity index (χ4v) is 1.83. The van der Waals surface area contributed by atoms with Gasteiger partial charge in [0.15, 0.2) is 11.6 Å². The molecular weight excluding hydrogens is 245 g/mol. The number of hydrogen-bond acceptors (Lipinski definition) is 2. The van der Waals surface area contributed by atoms with Crippen LogP contribution in [0, 0.1) is 11.7 Å². The fourth-order valence-electron chi connectivity index (χ4n) is 1.61. The summed E-state index contributed by atoms with van der Waals surface area (Å²) in [6.07, 6.45) is 1.58. The van der Waals surface area contributed by atoms with Crippen LogP contribution in [0.5, 0.6) is 0 Å². The van der Waals surface area contributed by atoms with E-state index in [0.29, 0.717) is 5.69 Å². The van der Waals surface area contributed by atoms with Crippen molar-refractivity contribution < 1.29 is 14.0 Å². The number of amides is 1. The van der Waals surface area contributed by atoms with Crippen LogP contribution in [0.1, 0.15) is 30.1 Å². The number of nitrogens with one attached hydrogen (secondary N) is 1. The summed E-state index contributed by atoms with van der Waals surface area (Å²) in [4.78, 5) is 22.7. The van der Waals surface area contributed by atoms with Gasteiger partial charge < -0.3 is 5.32 Å². The van der Waals surface area contributed by atoms with Crippen molar-refractivity contribution in [2.45, 2.75) is 19.8 Å². The van der Waals surface area contributed by atoms with E-state index in [1.54, 1.807) is 0 Å². The predicted molar refractivity (Wildman–Crippen MR) is 62.8 cm³/mol. The third-order valence-corrected chi connectivity index (χ3v) is 2.84. The van der Waals surface area contributed by atoms with Crippen LogP contribution in [0.4, 0.5) is 10.1 Å². The van der Waals surface area contributed by atoms with E-state index in [1.807, 2.05) is 0 Å². The van der Waals surface area contributed by atoms with Gasteiger partial charge in [0.2, 0.25) is 5.91 Å². The molecule has 0 radical (unpaired) electrons. The molecule has 1 saturated carbocycles. The van der Waals surface area contributed by atoms with Gasteiger partial charge >= 0.3 is 0 Å². The Kier molecular flexibility index (Phi) is 3.15. The third-order valence-electron chi connectivity index (χ3n) is 2.56. The van der Waals surface area contributed by atoms with Gasteiger partial charge in [-0.05, 0) is 25.0 Å². The highest BCUT2D eigenvalue weighted by molar-refractivity contribution is 6.31. The van der Waals surface area contributed by atoms with Crippen molar-refractivity contribution in [1.82, 2.24) is 0 Å². The Balaban J connectivity index is 2.38. The standard InChI is InChI=1S/C12H11ClFNO2/c1-6(16)15-8-4-9(11(14)10(13)5-8)12(17)7-2-3-7/h4-5,7H,2-3H2,1H3,(H,15,16). The minimum atomic E-state index is -0.710. The van der Waals surface area contributed by atoms with E-state index in [0.717, 1.165) is 12.8 Å². The molecule has 0 spiro atoms. The van der Waals surface area contributed by atoms with Crippen molar-refractivity contribution in [2.24, 2.45) is 5.92 Å². The highest BCUT2D eigenvalue weighted by Gasteiger charge is 2.32. The molecule has 1 aromatic carbocycles. The molecule has 0 aliphatic heterocycles. The normalized spacial score (nSPS) is 14.5. The van der Waals surface area contributed by atoms with E-state index in [9.17, 15) is 14.0 Å². The summed E-state index contributed by atoms with van der Waals surface area (Å²) in [5.74, 6) is -1.33. The van der Waals surface area contributed by atoms with Crippen molar-refractivity contribution in [1.29, 1.82) is 0 Å². The van der Waals surface area contributed by atoms with Crippen LogP contribution in [-0.2, 0) is 4.79 Å². The molecule has 0 atom stereocenters. The number of carbonyl (C=O) groups is 2. The monoisotopic (exact) mass is 255 g/mol.